The summed E-state index contributed by atoms with van der Waals surface area (Å²) >= 11 is 6.12. The summed E-state index contributed by atoms with van der Waals surface area (Å²) in [4.78, 5) is 32.0. The molecule has 1 saturated heterocycles. The Morgan fingerprint density at radius 2 is 2.00 bits per heavy atom. The van der Waals surface area contributed by atoms with Gasteiger partial charge in [-0.25, -0.2) is 4.98 Å². The highest BCUT2D eigenvalue weighted by Crippen LogP contribution is 2.36. The second-order valence-corrected chi connectivity index (χ2v) is 8.73. The van der Waals surface area contributed by atoms with E-state index in [9.17, 15) is 22.8 Å². The molecule has 0 spiro atoms. The number of amides is 2. The average Bonchev–Trinajstić information content (AvgIpc) is 3.45. The fourth-order valence-electron chi connectivity index (χ4n) is 4.19. The largest absolute Gasteiger partial charge is 0.417 e. The van der Waals surface area contributed by atoms with Crippen molar-refractivity contribution in [2.75, 3.05) is 18.0 Å². The number of alkyl halides is 3. The maximum Gasteiger partial charge on any atom is 0.417 e. The molecular weight excluding hydrogens is 447 g/mol. The van der Waals surface area contributed by atoms with Crippen LogP contribution in [0.1, 0.15) is 31.7 Å². The average molecular weight is 470 g/mol. The summed E-state index contributed by atoms with van der Waals surface area (Å²) in [6.45, 7) is 2.80. The molecule has 2 amide bonds. The number of allylic oxidation sites excluding steroid dienone is 1. The third-order valence-electron chi connectivity index (χ3n) is 5.94. The van der Waals surface area contributed by atoms with E-state index in [1.54, 1.807) is 12.2 Å². The van der Waals surface area contributed by atoms with Crippen molar-refractivity contribution in [3.8, 4) is 0 Å². The van der Waals surface area contributed by atoms with Gasteiger partial charge in [-0.3, -0.25) is 9.59 Å². The number of rotatable bonds is 5. The van der Waals surface area contributed by atoms with Gasteiger partial charge in [0.05, 0.1) is 16.6 Å². The number of pyridine rings is 1. The highest BCUT2D eigenvalue weighted by Gasteiger charge is 2.38. The van der Waals surface area contributed by atoms with Gasteiger partial charge in [0.15, 0.2) is 0 Å². The van der Waals surface area contributed by atoms with Crippen molar-refractivity contribution in [2.45, 2.75) is 44.6 Å². The molecular formula is C21H23ClF3N5O2. The van der Waals surface area contributed by atoms with Crippen LogP contribution in [0.15, 0.2) is 35.7 Å². The SMILES string of the molecule is CC1=CC(C(N)=O)=CC(NC(=O)C2CC2)N1C1CCN(c2ncc(C(F)(F)F)cc2Cl)C1. The van der Waals surface area contributed by atoms with Gasteiger partial charge in [-0.05, 0) is 44.4 Å². The van der Waals surface area contributed by atoms with Crippen LogP contribution in [0, 0.1) is 5.92 Å². The van der Waals surface area contributed by atoms with E-state index < -0.39 is 23.8 Å². The molecule has 2 atom stereocenters. The van der Waals surface area contributed by atoms with Crippen LogP contribution in [0.3, 0.4) is 0 Å². The smallest absolute Gasteiger partial charge is 0.366 e. The number of primary amides is 1. The van der Waals surface area contributed by atoms with Gasteiger partial charge in [0.1, 0.15) is 12.0 Å². The van der Waals surface area contributed by atoms with E-state index in [-0.39, 0.29) is 28.7 Å². The molecule has 3 N–H and O–H groups in total. The lowest BCUT2D eigenvalue weighted by atomic mass is 10.0. The first kappa shape index (κ1) is 22.4. The Morgan fingerprint density at radius 1 is 1.28 bits per heavy atom. The molecule has 7 nitrogen and oxygen atoms in total. The summed E-state index contributed by atoms with van der Waals surface area (Å²) in [5.74, 6) is -0.378. The van der Waals surface area contributed by atoms with Crippen LogP contribution < -0.4 is 16.0 Å². The van der Waals surface area contributed by atoms with Crippen LogP contribution in [0.5, 0.6) is 0 Å². The minimum Gasteiger partial charge on any atom is -0.366 e. The fraction of sp³-hybridized carbons (Fsp3) is 0.476. The lowest BCUT2D eigenvalue weighted by Gasteiger charge is -2.40. The molecule has 4 rings (SSSR count). The molecule has 1 aromatic heterocycles. The van der Waals surface area contributed by atoms with E-state index in [2.05, 4.69) is 10.3 Å². The number of anilines is 1. The number of hydrogen-bond donors (Lipinski definition) is 2. The minimum atomic E-state index is -4.52. The standard InChI is InChI=1S/C21H23ClF3N5O2/c1-11-6-13(18(26)31)7-17(28-20(32)12-2-3-12)30(11)15-4-5-29(10-15)19-16(22)8-14(9-27-19)21(23,24)25/h6-9,12,15,17H,2-5,10H2,1H3,(H2,26,31)(H,28,32). The van der Waals surface area contributed by atoms with E-state index in [0.29, 0.717) is 25.1 Å². The molecule has 0 bridgehead atoms. The summed E-state index contributed by atoms with van der Waals surface area (Å²) < 4.78 is 38.8. The van der Waals surface area contributed by atoms with Gasteiger partial charge in [0, 0.05) is 36.5 Å². The molecule has 2 fully saturated rings. The fourth-order valence-corrected chi connectivity index (χ4v) is 4.47. The summed E-state index contributed by atoms with van der Waals surface area (Å²) in [5.41, 5.74) is 5.64. The Hall–Kier alpha value is -2.75. The van der Waals surface area contributed by atoms with Gasteiger partial charge in [0.2, 0.25) is 11.8 Å². The number of aromatic nitrogens is 1. The van der Waals surface area contributed by atoms with Gasteiger partial charge in [-0.1, -0.05) is 11.6 Å². The predicted octanol–water partition coefficient (Wildman–Crippen LogP) is 2.82. The van der Waals surface area contributed by atoms with Gasteiger partial charge in [0.25, 0.3) is 0 Å². The molecule has 2 unspecified atom stereocenters. The molecule has 3 aliphatic rings. The number of nitrogens with one attached hydrogen (secondary N) is 1. The van der Waals surface area contributed by atoms with E-state index >= 15 is 0 Å². The molecule has 32 heavy (non-hydrogen) atoms. The van der Waals surface area contributed by atoms with Crippen LogP contribution in [-0.2, 0) is 15.8 Å². The van der Waals surface area contributed by atoms with Crippen LogP contribution in [0.25, 0.3) is 0 Å². The predicted molar refractivity (Wildman–Crippen MR) is 112 cm³/mol. The number of hydrogen-bond acceptors (Lipinski definition) is 5. The lowest BCUT2D eigenvalue weighted by Crippen LogP contribution is -2.53. The molecule has 1 aromatic rings. The van der Waals surface area contributed by atoms with Crippen LogP contribution in [0.2, 0.25) is 5.02 Å². The number of nitrogens with two attached hydrogens (primary N) is 1. The molecule has 2 aliphatic heterocycles. The van der Waals surface area contributed by atoms with Gasteiger partial charge in [-0.15, -0.1) is 0 Å². The molecule has 1 saturated carbocycles. The van der Waals surface area contributed by atoms with Crippen molar-refractivity contribution in [3.05, 3.63) is 46.3 Å². The highest BCUT2D eigenvalue weighted by atomic mass is 35.5. The number of carbonyl (C=O) groups excluding carboxylic acids is 2. The Kier molecular flexibility index (Phi) is 5.83. The zero-order chi connectivity index (χ0) is 23.2. The molecule has 11 heteroatoms. The Labute approximate surface area is 188 Å². The normalized spacial score (nSPS) is 23.7. The number of nitrogens with zero attached hydrogens (tertiary/aromatic N) is 3. The maximum atomic E-state index is 12.9. The zero-order valence-corrected chi connectivity index (χ0v) is 18.1. The zero-order valence-electron chi connectivity index (χ0n) is 17.3. The minimum absolute atomic E-state index is 0.0104. The molecule has 172 valence electrons. The monoisotopic (exact) mass is 469 g/mol. The van der Waals surface area contributed by atoms with Crippen molar-refractivity contribution >= 4 is 29.2 Å². The molecule has 3 heterocycles. The second-order valence-electron chi connectivity index (χ2n) is 8.32. The Morgan fingerprint density at radius 3 is 2.59 bits per heavy atom. The summed E-state index contributed by atoms with van der Waals surface area (Å²) in [6, 6.07) is 0.797. The summed E-state index contributed by atoms with van der Waals surface area (Å²) in [7, 11) is 0. The Balaban J connectivity index is 1.54. The first-order chi connectivity index (χ1) is 15.0. The van der Waals surface area contributed by atoms with Crippen molar-refractivity contribution < 1.29 is 22.8 Å². The quantitative estimate of drug-likeness (QED) is 0.692. The lowest BCUT2D eigenvalue weighted by molar-refractivity contribution is -0.137. The topological polar surface area (TPSA) is 91.6 Å². The Bertz CT molecular complexity index is 1010. The van der Waals surface area contributed by atoms with Gasteiger partial charge in [-0.2, -0.15) is 13.2 Å². The number of carbonyl (C=O) groups is 2. The first-order valence-electron chi connectivity index (χ1n) is 10.3. The van der Waals surface area contributed by atoms with Crippen LogP contribution in [-0.4, -0.2) is 47.0 Å². The van der Waals surface area contributed by atoms with Gasteiger partial charge < -0.3 is 20.9 Å². The third-order valence-corrected chi connectivity index (χ3v) is 6.22. The van der Waals surface area contributed by atoms with Crippen LogP contribution in [0.4, 0.5) is 19.0 Å². The molecule has 1 aliphatic carbocycles. The van der Waals surface area contributed by atoms with Crippen molar-refractivity contribution in [1.29, 1.82) is 0 Å². The molecule has 0 radical (unpaired) electrons. The second kappa shape index (κ2) is 8.31. The summed E-state index contributed by atoms with van der Waals surface area (Å²) in [6.07, 6.45) is 1.38. The van der Waals surface area contributed by atoms with E-state index in [4.69, 9.17) is 17.3 Å². The van der Waals surface area contributed by atoms with E-state index in [1.165, 1.54) is 0 Å². The highest BCUT2D eigenvalue weighted by molar-refractivity contribution is 6.33. The van der Waals surface area contributed by atoms with Crippen molar-refractivity contribution in [2.24, 2.45) is 11.7 Å². The maximum absolute atomic E-state index is 12.9. The van der Waals surface area contributed by atoms with Crippen molar-refractivity contribution in [3.63, 3.8) is 0 Å². The third kappa shape index (κ3) is 4.55. The van der Waals surface area contributed by atoms with Crippen molar-refractivity contribution in [1.82, 2.24) is 15.2 Å². The first-order valence-corrected chi connectivity index (χ1v) is 10.7. The van der Waals surface area contributed by atoms with Crippen LogP contribution >= 0.6 is 11.6 Å². The molecule has 0 aromatic carbocycles. The summed E-state index contributed by atoms with van der Waals surface area (Å²) in [5, 5.41) is 2.92. The van der Waals surface area contributed by atoms with E-state index in [1.807, 2.05) is 16.7 Å². The number of halogens is 4. The van der Waals surface area contributed by atoms with E-state index in [0.717, 1.165) is 30.8 Å². The van der Waals surface area contributed by atoms with Gasteiger partial charge >= 0.3 is 6.18 Å².